The highest BCUT2D eigenvalue weighted by atomic mass is 16.7. The molecule has 0 aliphatic rings. The second kappa shape index (κ2) is 45.3. The molecule has 0 saturated carbocycles. The molecule has 0 radical (unpaired) electrons. The highest BCUT2D eigenvalue weighted by Crippen LogP contribution is 2.14. The lowest BCUT2D eigenvalue weighted by Crippen LogP contribution is -2.44. The molecule has 362 valence electrons. The van der Waals surface area contributed by atoms with Gasteiger partial charge in [-0.3, -0.25) is 9.59 Å². The van der Waals surface area contributed by atoms with Crippen LogP contribution in [-0.2, 0) is 33.3 Å². The van der Waals surface area contributed by atoms with Crippen LogP contribution in [0, 0.1) is 0 Å². The largest absolute Gasteiger partial charge is 0.545 e. The molecule has 9 nitrogen and oxygen atoms in total. The molecule has 0 aromatic rings. The number of esters is 2. The van der Waals surface area contributed by atoms with Crippen molar-refractivity contribution < 1.29 is 42.9 Å². The van der Waals surface area contributed by atoms with Gasteiger partial charge in [0.2, 0.25) is 0 Å². The van der Waals surface area contributed by atoms with Crippen molar-refractivity contribution in [3.05, 3.63) is 72.9 Å². The normalized spacial score (nSPS) is 13.5. The van der Waals surface area contributed by atoms with Crippen LogP contribution in [0.1, 0.15) is 194 Å². The van der Waals surface area contributed by atoms with Crippen molar-refractivity contribution in [3.63, 3.8) is 0 Å². The SMILES string of the molecule is CC/C=C\C/C=C\C/C=C\C/C=C\CCCCCCCCCCCCC(=O)OC(COC(=O)CCCCCCC/C=C\C/C=C\CCCCC)COC(OCC[N+](C)(C)C)C(=O)[O-]. The van der Waals surface area contributed by atoms with Crippen LogP contribution < -0.4 is 5.11 Å². The summed E-state index contributed by atoms with van der Waals surface area (Å²) in [4.78, 5) is 37.1. The Kier molecular flexibility index (Phi) is 43.0. The highest BCUT2D eigenvalue weighted by Gasteiger charge is 2.21. The molecular formula is C54H93NO8. The molecule has 63 heavy (non-hydrogen) atoms. The van der Waals surface area contributed by atoms with Gasteiger partial charge in [-0.15, -0.1) is 0 Å². The summed E-state index contributed by atoms with van der Waals surface area (Å²) in [7, 11) is 5.90. The number of hydrogen-bond acceptors (Lipinski definition) is 8. The minimum absolute atomic E-state index is 0.141. The van der Waals surface area contributed by atoms with Crippen molar-refractivity contribution in [1.29, 1.82) is 0 Å². The van der Waals surface area contributed by atoms with E-state index in [1.165, 1.54) is 64.2 Å². The fourth-order valence-electron chi connectivity index (χ4n) is 6.56. The van der Waals surface area contributed by atoms with Gasteiger partial charge in [0.25, 0.3) is 0 Å². The summed E-state index contributed by atoms with van der Waals surface area (Å²) < 4.78 is 22.6. The zero-order valence-corrected chi connectivity index (χ0v) is 40.9. The van der Waals surface area contributed by atoms with Crippen LogP contribution in [0.2, 0.25) is 0 Å². The zero-order chi connectivity index (χ0) is 46.3. The standard InChI is InChI=1S/C54H93NO8/c1-6-8-10-12-14-16-18-20-22-23-24-25-26-27-28-29-31-33-35-37-39-41-43-45-52(57)63-50(49-62-54(53(58)59)60-47-46-55(3,4)5)48-61-51(56)44-42-40-38-36-34-32-30-21-19-17-15-13-11-9-7-2/h8,10,14-17,20-22,24-25,30,50,54H,6-7,9,11-13,18-19,23,26-29,31-49H2,1-5H3/b10-8-,16-14-,17-15-,22-20-,25-24-,30-21-. The predicted molar refractivity (Wildman–Crippen MR) is 260 cm³/mol. The maximum Gasteiger partial charge on any atom is 0.306 e. The monoisotopic (exact) mass is 884 g/mol. The Morgan fingerprint density at radius 1 is 0.492 bits per heavy atom. The molecule has 0 fully saturated rings. The molecule has 0 aromatic carbocycles. The number of carbonyl (C=O) groups is 3. The summed E-state index contributed by atoms with van der Waals surface area (Å²) >= 11 is 0. The average molecular weight is 884 g/mol. The van der Waals surface area contributed by atoms with E-state index >= 15 is 0 Å². The van der Waals surface area contributed by atoms with Gasteiger partial charge < -0.3 is 33.3 Å². The summed E-state index contributed by atoms with van der Waals surface area (Å²) in [6.45, 7) is 4.57. The molecule has 0 aromatic heterocycles. The van der Waals surface area contributed by atoms with E-state index < -0.39 is 24.3 Å². The summed E-state index contributed by atoms with van der Waals surface area (Å²) in [5, 5.41) is 11.7. The third kappa shape index (κ3) is 46.5. The molecule has 0 spiro atoms. The number of rotatable bonds is 45. The number of aliphatic carboxylic acids is 1. The van der Waals surface area contributed by atoms with Gasteiger partial charge in [0.1, 0.15) is 13.2 Å². The van der Waals surface area contributed by atoms with Crippen molar-refractivity contribution in [2.75, 3.05) is 47.5 Å². The number of nitrogens with zero attached hydrogens (tertiary/aromatic N) is 1. The van der Waals surface area contributed by atoms with Gasteiger partial charge in [-0.25, -0.2) is 0 Å². The van der Waals surface area contributed by atoms with Crippen LogP contribution in [0.5, 0.6) is 0 Å². The van der Waals surface area contributed by atoms with Crippen molar-refractivity contribution in [2.45, 2.75) is 206 Å². The number of carbonyl (C=O) groups excluding carboxylic acids is 3. The van der Waals surface area contributed by atoms with Gasteiger partial charge in [0.15, 0.2) is 12.4 Å². The van der Waals surface area contributed by atoms with Gasteiger partial charge in [0.05, 0.1) is 40.3 Å². The molecule has 0 heterocycles. The first-order valence-electron chi connectivity index (χ1n) is 25.1. The van der Waals surface area contributed by atoms with E-state index in [-0.39, 0.29) is 38.6 Å². The molecule has 2 unspecified atom stereocenters. The van der Waals surface area contributed by atoms with E-state index in [2.05, 4.69) is 86.8 Å². The number of quaternary nitrogens is 1. The first kappa shape index (κ1) is 59.7. The van der Waals surface area contributed by atoms with Crippen molar-refractivity contribution in [1.82, 2.24) is 0 Å². The van der Waals surface area contributed by atoms with Gasteiger partial charge in [0, 0.05) is 12.8 Å². The Morgan fingerprint density at radius 2 is 0.905 bits per heavy atom. The van der Waals surface area contributed by atoms with Gasteiger partial charge in [-0.2, -0.15) is 0 Å². The summed E-state index contributed by atoms with van der Waals surface area (Å²) in [5.41, 5.74) is 0. The number of ether oxygens (including phenoxy) is 4. The fraction of sp³-hybridized carbons (Fsp3) is 0.722. The molecule has 0 amide bonds. The van der Waals surface area contributed by atoms with Crippen molar-refractivity contribution in [3.8, 4) is 0 Å². The Morgan fingerprint density at radius 3 is 1.35 bits per heavy atom. The first-order valence-corrected chi connectivity index (χ1v) is 25.1. The molecule has 2 atom stereocenters. The molecule has 0 N–H and O–H groups in total. The minimum Gasteiger partial charge on any atom is -0.545 e. The third-order valence-electron chi connectivity index (χ3n) is 10.4. The van der Waals surface area contributed by atoms with Gasteiger partial charge in [-0.05, 0) is 83.5 Å². The molecule has 0 rings (SSSR count). The second-order valence-electron chi connectivity index (χ2n) is 17.7. The number of carboxylic acid groups (broad SMARTS) is 1. The lowest BCUT2D eigenvalue weighted by Gasteiger charge is -2.26. The topological polar surface area (TPSA) is 111 Å². The zero-order valence-electron chi connectivity index (χ0n) is 40.9. The lowest BCUT2D eigenvalue weighted by atomic mass is 10.0. The van der Waals surface area contributed by atoms with E-state index in [0.717, 1.165) is 96.3 Å². The van der Waals surface area contributed by atoms with Crippen molar-refractivity contribution >= 4 is 17.9 Å². The van der Waals surface area contributed by atoms with Crippen LogP contribution in [0.15, 0.2) is 72.9 Å². The summed E-state index contributed by atoms with van der Waals surface area (Å²) in [6, 6.07) is 0. The van der Waals surface area contributed by atoms with Crippen LogP contribution in [0.3, 0.4) is 0 Å². The van der Waals surface area contributed by atoms with E-state index in [1.54, 1.807) is 0 Å². The maximum absolute atomic E-state index is 12.8. The summed E-state index contributed by atoms with van der Waals surface area (Å²) in [5.74, 6) is -2.31. The number of carboxylic acids is 1. The molecule has 0 bridgehead atoms. The molecular weight excluding hydrogens is 791 g/mol. The van der Waals surface area contributed by atoms with Crippen LogP contribution >= 0.6 is 0 Å². The molecule has 9 heteroatoms. The fourth-order valence-corrected chi connectivity index (χ4v) is 6.56. The second-order valence-corrected chi connectivity index (χ2v) is 17.7. The third-order valence-corrected chi connectivity index (χ3v) is 10.4. The number of hydrogen-bond donors (Lipinski definition) is 0. The average Bonchev–Trinajstić information content (AvgIpc) is 3.24. The van der Waals surface area contributed by atoms with Gasteiger partial charge >= 0.3 is 11.9 Å². The molecule has 0 aliphatic heterocycles. The van der Waals surface area contributed by atoms with Crippen LogP contribution in [0.4, 0.5) is 0 Å². The van der Waals surface area contributed by atoms with E-state index in [9.17, 15) is 19.5 Å². The Hall–Kier alpha value is -3.27. The Labute approximate surface area is 386 Å². The van der Waals surface area contributed by atoms with Crippen LogP contribution in [0.25, 0.3) is 0 Å². The van der Waals surface area contributed by atoms with Gasteiger partial charge in [-0.1, -0.05) is 170 Å². The van der Waals surface area contributed by atoms with E-state index in [0.29, 0.717) is 17.4 Å². The molecule has 0 aliphatic carbocycles. The number of unbranched alkanes of at least 4 members (excludes halogenated alkanes) is 18. The van der Waals surface area contributed by atoms with E-state index in [4.69, 9.17) is 18.9 Å². The summed E-state index contributed by atoms with van der Waals surface area (Å²) in [6.07, 6.45) is 53.6. The Balaban J connectivity index is 4.36. The van der Waals surface area contributed by atoms with E-state index in [1.807, 2.05) is 21.1 Å². The maximum atomic E-state index is 12.8. The smallest absolute Gasteiger partial charge is 0.306 e. The first-order chi connectivity index (χ1) is 30.6. The predicted octanol–water partition coefficient (Wildman–Crippen LogP) is 12.6. The lowest BCUT2D eigenvalue weighted by molar-refractivity contribution is -0.870. The molecule has 0 saturated heterocycles. The highest BCUT2D eigenvalue weighted by molar-refractivity contribution is 5.70. The number of likely N-dealkylation sites (N-methyl/N-ethyl adjacent to an activating group) is 1. The Bertz CT molecular complexity index is 1260. The van der Waals surface area contributed by atoms with Crippen LogP contribution in [-0.4, -0.2) is 82.3 Å². The van der Waals surface area contributed by atoms with Crippen molar-refractivity contribution in [2.24, 2.45) is 0 Å². The minimum atomic E-state index is -1.63. The number of allylic oxidation sites excluding steroid dienone is 12. The quantitative estimate of drug-likeness (QED) is 0.0195.